The van der Waals surface area contributed by atoms with E-state index in [0.717, 1.165) is 32.3 Å². The van der Waals surface area contributed by atoms with Crippen molar-refractivity contribution in [2.24, 2.45) is 0 Å². The normalized spacial score (nSPS) is 11.0. The van der Waals surface area contributed by atoms with Crippen LogP contribution in [-0.2, 0) is 0 Å². The topological polar surface area (TPSA) is 108 Å². The molecule has 2 aromatic heterocycles. The summed E-state index contributed by atoms with van der Waals surface area (Å²) in [5.41, 5.74) is 2.02. The highest BCUT2D eigenvalue weighted by Gasteiger charge is 2.24. The zero-order chi connectivity index (χ0) is 22.0. The number of hydrogen-bond acceptors (Lipinski definition) is 6. The molecule has 6 aromatic rings. The Labute approximate surface area is 179 Å². The minimum atomic E-state index is -0.0441. The van der Waals surface area contributed by atoms with Gasteiger partial charge in [-0.25, -0.2) is 9.97 Å². The second-order valence-electron chi connectivity index (χ2n) is 7.09. The third-order valence-corrected chi connectivity index (χ3v) is 5.58. The Balaban J connectivity index is 2.01. The molecule has 0 atom stereocenters. The van der Waals surface area contributed by atoms with Crippen LogP contribution < -0.4 is 0 Å². The third kappa shape index (κ3) is 2.00. The molecule has 0 aliphatic rings. The number of rotatable bonds is 0. The molecule has 0 saturated heterocycles. The van der Waals surface area contributed by atoms with Crippen LogP contribution in [0.5, 0.6) is 0 Å². The highest BCUT2D eigenvalue weighted by atomic mass is 15.0. The highest BCUT2D eigenvalue weighted by Crippen LogP contribution is 2.44. The molecule has 0 unspecified atom stereocenters. The first-order valence-electron chi connectivity index (χ1n) is 9.37. The van der Waals surface area contributed by atoms with E-state index < -0.39 is 0 Å². The summed E-state index contributed by atoms with van der Waals surface area (Å²) in [6.07, 6.45) is 0. The fourth-order valence-corrected chi connectivity index (χ4v) is 4.34. The maximum absolute atomic E-state index is 9.47. The lowest BCUT2D eigenvalue weighted by molar-refractivity contribution is 1.21. The van der Waals surface area contributed by atoms with Crippen LogP contribution in [-0.4, -0.2) is 19.9 Å². The molecule has 142 valence electrons. The standard InChI is InChI=1S/C24H6N8/c1-27-23-24(28-2)32-22-14-8-4-6-12-18(14)17-11(5-3-7-13(17)21(22)31-23)19-20(12)30-16(10-26)15(9-25)29-19/h3-8H. The number of aromatic nitrogens is 4. The molecule has 0 aliphatic heterocycles. The van der Waals surface area contributed by atoms with E-state index in [4.69, 9.17) is 13.1 Å². The number of nitriles is 2. The number of nitrogens with zero attached hydrogens (tertiary/aromatic N) is 8. The average molecular weight is 406 g/mol. The first-order valence-corrected chi connectivity index (χ1v) is 9.37. The van der Waals surface area contributed by atoms with Gasteiger partial charge in [-0.2, -0.15) is 10.5 Å². The van der Waals surface area contributed by atoms with E-state index in [9.17, 15) is 10.5 Å². The van der Waals surface area contributed by atoms with Crippen molar-refractivity contribution in [3.63, 3.8) is 0 Å². The number of hydrogen-bond donors (Lipinski definition) is 0. The Morgan fingerprint density at radius 1 is 0.594 bits per heavy atom. The van der Waals surface area contributed by atoms with E-state index >= 15 is 0 Å². The van der Waals surface area contributed by atoms with Gasteiger partial charge in [0.2, 0.25) is 11.0 Å². The Hall–Kier alpha value is -5.44. The molecular weight excluding hydrogens is 400 g/mol. The molecule has 0 aliphatic carbocycles. The molecule has 8 nitrogen and oxygen atoms in total. The van der Waals surface area contributed by atoms with Gasteiger partial charge in [-0.05, 0) is 12.1 Å². The summed E-state index contributed by atoms with van der Waals surface area (Å²) >= 11 is 0. The Morgan fingerprint density at radius 2 is 0.938 bits per heavy atom. The minimum absolute atomic E-state index is 0.0311. The Morgan fingerprint density at radius 3 is 1.25 bits per heavy atom. The number of benzene rings is 4. The molecular formula is C24H6N8. The van der Waals surface area contributed by atoms with E-state index in [1.54, 1.807) is 0 Å². The lowest BCUT2D eigenvalue weighted by atomic mass is 9.91. The zero-order valence-corrected chi connectivity index (χ0v) is 16.0. The van der Waals surface area contributed by atoms with Gasteiger partial charge in [-0.1, -0.05) is 37.4 Å². The van der Waals surface area contributed by atoms with E-state index in [1.807, 2.05) is 48.5 Å². The van der Waals surface area contributed by atoms with E-state index in [1.165, 1.54) is 0 Å². The molecule has 8 heteroatoms. The average Bonchev–Trinajstić information content (AvgIpc) is 2.86. The van der Waals surface area contributed by atoms with Crippen LogP contribution in [0.3, 0.4) is 0 Å². The summed E-state index contributed by atoms with van der Waals surface area (Å²) in [6, 6.07) is 15.2. The summed E-state index contributed by atoms with van der Waals surface area (Å²) in [6.45, 7) is 14.8. The summed E-state index contributed by atoms with van der Waals surface area (Å²) < 4.78 is 0. The Bertz CT molecular complexity index is 1700. The van der Waals surface area contributed by atoms with Crippen molar-refractivity contribution in [2.75, 3.05) is 0 Å². The molecule has 0 radical (unpaired) electrons. The lowest BCUT2D eigenvalue weighted by Crippen LogP contribution is -1.99. The minimum Gasteiger partial charge on any atom is -0.370 e. The van der Waals surface area contributed by atoms with Crippen LogP contribution in [0.4, 0.5) is 11.6 Å². The van der Waals surface area contributed by atoms with Gasteiger partial charge < -0.3 is 9.69 Å². The van der Waals surface area contributed by atoms with Crippen LogP contribution in [0.25, 0.3) is 64.1 Å². The van der Waals surface area contributed by atoms with Crippen LogP contribution >= 0.6 is 0 Å². The van der Waals surface area contributed by atoms with Crippen molar-refractivity contribution in [2.45, 2.75) is 0 Å². The summed E-state index contributed by atoms with van der Waals surface area (Å²) in [5, 5.41) is 23.7. The molecule has 0 amide bonds. The van der Waals surface area contributed by atoms with Crippen molar-refractivity contribution < 1.29 is 0 Å². The van der Waals surface area contributed by atoms with Gasteiger partial charge in [-0.15, -0.1) is 9.97 Å². The monoisotopic (exact) mass is 406 g/mol. The molecule has 0 bridgehead atoms. The van der Waals surface area contributed by atoms with Gasteiger partial charge in [0.15, 0.2) is 11.4 Å². The fraction of sp³-hybridized carbons (Fsp3) is 0. The van der Waals surface area contributed by atoms with Crippen molar-refractivity contribution in [1.82, 2.24) is 19.9 Å². The molecule has 0 saturated carbocycles. The van der Waals surface area contributed by atoms with Crippen LogP contribution in [0.1, 0.15) is 11.4 Å². The predicted octanol–water partition coefficient (Wildman–Crippen LogP) is 5.32. The molecule has 2 heterocycles. The maximum atomic E-state index is 9.47. The molecule has 6 rings (SSSR count). The van der Waals surface area contributed by atoms with Crippen LogP contribution in [0.2, 0.25) is 0 Å². The van der Waals surface area contributed by atoms with Crippen molar-refractivity contribution >= 4 is 66.0 Å². The van der Waals surface area contributed by atoms with Gasteiger partial charge in [0.25, 0.3) is 11.6 Å². The van der Waals surface area contributed by atoms with E-state index in [2.05, 4.69) is 29.6 Å². The first-order chi connectivity index (χ1) is 15.7. The van der Waals surface area contributed by atoms with Gasteiger partial charge in [0.1, 0.15) is 12.1 Å². The molecule has 32 heavy (non-hydrogen) atoms. The van der Waals surface area contributed by atoms with Crippen LogP contribution in [0, 0.1) is 35.8 Å². The Kier molecular flexibility index (Phi) is 3.28. The zero-order valence-electron chi connectivity index (χ0n) is 16.0. The summed E-state index contributed by atoms with van der Waals surface area (Å²) in [4.78, 5) is 24.7. The highest BCUT2D eigenvalue weighted by molar-refractivity contribution is 6.38. The fourth-order valence-electron chi connectivity index (χ4n) is 4.34. The lowest BCUT2D eigenvalue weighted by Gasteiger charge is -2.14. The van der Waals surface area contributed by atoms with Gasteiger partial charge >= 0.3 is 0 Å². The maximum Gasteiger partial charge on any atom is 0.294 e. The second-order valence-corrected chi connectivity index (χ2v) is 7.09. The van der Waals surface area contributed by atoms with Crippen molar-refractivity contribution in [3.8, 4) is 12.1 Å². The quantitative estimate of drug-likeness (QED) is 0.192. The van der Waals surface area contributed by atoms with Crippen molar-refractivity contribution in [3.05, 3.63) is 70.6 Å². The molecule has 0 fully saturated rings. The van der Waals surface area contributed by atoms with Crippen LogP contribution in [0.15, 0.2) is 36.4 Å². The number of fused-ring (bicyclic) bond motifs is 6. The summed E-state index contributed by atoms with van der Waals surface area (Å²) in [7, 11) is 0. The third-order valence-electron chi connectivity index (χ3n) is 5.58. The smallest absolute Gasteiger partial charge is 0.294 e. The van der Waals surface area contributed by atoms with E-state index in [0.29, 0.717) is 22.1 Å². The SMILES string of the molecule is [C-]#[N+]c1nc2c3cccc4c5nc(C#N)c(C#N)nc5c5cccc(c2nc1[N+]#[C-])c5c43. The van der Waals surface area contributed by atoms with Crippen molar-refractivity contribution in [1.29, 1.82) is 10.5 Å². The van der Waals surface area contributed by atoms with Gasteiger partial charge in [0, 0.05) is 32.3 Å². The van der Waals surface area contributed by atoms with E-state index in [-0.39, 0.29) is 23.0 Å². The predicted molar refractivity (Wildman–Crippen MR) is 118 cm³/mol. The summed E-state index contributed by atoms with van der Waals surface area (Å²) in [5.74, 6) is -0.0882. The largest absolute Gasteiger partial charge is 0.370 e. The second kappa shape index (κ2) is 6.03. The molecule has 0 spiro atoms. The molecule has 0 N–H and O–H groups in total. The molecule has 4 aromatic carbocycles. The van der Waals surface area contributed by atoms with Gasteiger partial charge in [-0.3, -0.25) is 0 Å². The first kappa shape index (κ1) is 17.4. The van der Waals surface area contributed by atoms with Gasteiger partial charge in [0.05, 0.1) is 11.0 Å².